The van der Waals surface area contributed by atoms with Gasteiger partial charge in [-0.15, -0.1) is 28.1 Å². The highest BCUT2D eigenvalue weighted by molar-refractivity contribution is 7.99. The number of thiophene rings is 1. The van der Waals surface area contributed by atoms with Crippen LogP contribution in [0.25, 0.3) is 0 Å². The predicted molar refractivity (Wildman–Crippen MR) is 103 cm³/mol. The van der Waals surface area contributed by atoms with Crippen LogP contribution in [0.5, 0.6) is 0 Å². The van der Waals surface area contributed by atoms with E-state index in [1.54, 1.807) is 29.5 Å². The number of amides is 1. The summed E-state index contributed by atoms with van der Waals surface area (Å²) in [7, 11) is 0. The van der Waals surface area contributed by atoms with Crippen LogP contribution in [0.1, 0.15) is 10.7 Å². The second kappa shape index (κ2) is 8.77. The number of aromatic nitrogens is 3. The normalized spacial score (nSPS) is 10.7. The Hall–Kier alpha value is -2.45. The van der Waals surface area contributed by atoms with Gasteiger partial charge in [-0.2, -0.15) is 0 Å². The highest BCUT2D eigenvalue weighted by atomic mass is 32.2. The summed E-state index contributed by atoms with van der Waals surface area (Å²) in [6.45, 7) is 4.35. The minimum atomic E-state index is -0.389. The number of rotatable bonds is 8. The number of carbonyl (C=O) groups is 1. The van der Waals surface area contributed by atoms with Crippen LogP contribution < -0.4 is 5.32 Å². The lowest BCUT2D eigenvalue weighted by Gasteiger charge is -2.08. The van der Waals surface area contributed by atoms with Crippen LogP contribution in [0, 0.1) is 5.82 Å². The van der Waals surface area contributed by atoms with Gasteiger partial charge in [0.1, 0.15) is 11.6 Å². The molecule has 0 fully saturated rings. The van der Waals surface area contributed by atoms with Crippen LogP contribution in [-0.4, -0.2) is 26.4 Å². The standard InChI is InChI=1S/C18H17FN4OS2/c1-2-8-23-16(11-15-7-4-9-25-15)21-22-18(23)26-12-17(24)20-14-6-3-5-13(19)10-14/h2-7,9-10H,1,8,11-12H2,(H,20,24). The first-order valence-corrected chi connectivity index (χ1v) is 9.76. The first kappa shape index (κ1) is 18.3. The van der Waals surface area contributed by atoms with Gasteiger partial charge in [0.2, 0.25) is 5.91 Å². The van der Waals surface area contributed by atoms with Crippen LogP contribution in [-0.2, 0) is 17.8 Å². The summed E-state index contributed by atoms with van der Waals surface area (Å²) in [5.74, 6) is 0.374. The Kier molecular flexibility index (Phi) is 6.19. The summed E-state index contributed by atoms with van der Waals surface area (Å²) < 4.78 is 15.1. The first-order valence-electron chi connectivity index (χ1n) is 7.89. The lowest BCUT2D eigenvalue weighted by atomic mass is 10.3. The van der Waals surface area contributed by atoms with E-state index in [1.807, 2.05) is 16.0 Å². The van der Waals surface area contributed by atoms with Gasteiger partial charge in [-0.3, -0.25) is 4.79 Å². The SMILES string of the molecule is C=CCn1c(Cc2cccs2)nnc1SCC(=O)Nc1cccc(F)c1. The summed E-state index contributed by atoms with van der Waals surface area (Å²) in [5, 5.41) is 13.8. The number of anilines is 1. The zero-order valence-electron chi connectivity index (χ0n) is 13.9. The van der Waals surface area contributed by atoms with E-state index in [0.29, 0.717) is 23.8 Å². The molecule has 0 aliphatic rings. The van der Waals surface area contributed by atoms with Gasteiger partial charge in [0.25, 0.3) is 0 Å². The molecule has 0 spiro atoms. The average molecular weight is 388 g/mol. The number of hydrogen-bond donors (Lipinski definition) is 1. The van der Waals surface area contributed by atoms with E-state index in [-0.39, 0.29) is 17.5 Å². The lowest BCUT2D eigenvalue weighted by molar-refractivity contribution is -0.113. The fraction of sp³-hybridized carbons (Fsp3) is 0.167. The molecule has 2 heterocycles. The number of benzene rings is 1. The smallest absolute Gasteiger partial charge is 0.234 e. The van der Waals surface area contributed by atoms with Crippen molar-refractivity contribution in [3.05, 3.63) is 71.0 Å². The largest absolute Gasteiger partial charge is 0.325 e. The molecule has 0 aliphatic heterocycles. The molecule has 0 unspecified atom stereocenters. The first-order chi connectivity index (χ1) is 12.7. The summed E-state index contributed by atoms with van der Waals surface area (Å²) in [4.78, 5) is 13.3. The van der Waals surface area contributed by atoms with Gasteiger partial charge in [-0.1, -0.05) is 30.0 Å². The molecule has 5 nitrogen and oxygen atoms in total. The summed E-state index contributed by atoms with van der Waals surface area (Å²) in [5.41, 5.74) is 0.432. The van der Waals surface area contributed by atoms with Gasteiger partial charge >= 0.3 is 0 Å². The fourth-order valence-electron chi connectivity index (χ4n) is 2.33. The molecular formula is C18H17FN4OS2. The zero-order valence-corrected chi connectivity index (χ0v) is 15.5. The van der Waals surface area contributed by atoms with E-state index in [0.717, 1.165) is 5.82 Å². The Morgan fingerprint density at radius 3 is 2.96 bits per heavy atom. The Balaban J connectivity index is 1.64. The maximum Gasteiger partial charge on any atom is 0.234 e. The van der Waals surface area contributed by atoms with E-state index in [2.05, 4.69) is 28.2 Å². The van der Waals surface area contributed by atoms with Crippen LogP contribution in [0.2, 0.25) is 0 Å². The quantitative estimate of drug-likeness (QED) is 0.468. The molecule has 0 aliphatic carbocycles. The van der Waals surface area contributed by atoms with Crippen molar-refractivity contribution in [3.8, 4) is 0 Å². The molecule has 0 saturated carbocycles. The predicted octanol–water partition coefficient (Wildman–Crippen LogP) is 3.99. The third-order valence-electron chi connectivity index (χ3n) is 3.46. The van der Waals surface area contributed by atoms with Gasteiger partial charge in [-0.05, 0) is 29.6 Å². The number of allylic oxidation sites excluding steroid dienone is 1. The second-order valence-electron chi connectivity index (χ2n) is 5.40. The zero-order chi connectivity index (χ0) is 18.4. The monoisotopic (exact) mass is 388 g/mol. The molecule has 8 heteroatoms. The van der Waals surface area contributed by atoms with E-state index in [1.165, 1.54) is 28.8 Å². The Morgan fingerprint density at radius 2 is 2.23 bits per heavy atom. The highest BCUT2D eigenvalue weighted by Gasteiger charge is 2.14. The molecular weight excluding hydrogens is 371 g/mol. The topological polar surface area (TPSA) is 59.8 Å². The summed E-state index contributed by atoms with van der Waals surface area (Å²) in [6.07, 6.45) is 2.46. The molecule has 0 atom stereocenters. The third-order valence-corrected chi connectivity index (χ3v) is 5.30. The van der Waals surface area contributed by atoms with Crippen molar-refractivity contribution in [2.75, 3.05) is 11.1 Å². The molecule has 2 aromatic heterocycles. The molecule has 134 valence electrons. The van der Waals surface area contributed by atoms with Gasteiger partial charge in [0.05, 0.1) is 5.75 Å². The van der Waals surface area contributed by atoms with Crippen molar-refractivity contribution in [3.63, 3.8) is 0 Å². The van der Waals surface area contributed by atoms with Gasteiger partial charge < -0.3 is 9.88 Å². The fourth-order valence-corrected chi connectivity index (χ4v) is 3.80. The van der Waals surface area contributed by atoms with Crippen molar-refractivity contribution >= 4 is 34.7 Å². The molecule has 0 radical (unpaired) electrons. The Morgan fingerprint density at radius 1 is 1.35 bits per heavy atom. The van der Waals surface area contributed by atoms with E-state index in [4.69, 9.17) is 0 Å². The van der Waals surface area contributed by atoms with Gasteiger partial charge in [0, 0.05) is 23.5 Å². The minimum absolute atomic E-state index is 0.158. The van der Waals surface area contributed by atoms with Crippen molar-refractivity contribution in [1.29, 1.82) is 0 Å². The molecule has 3 rings (SSSR count). The number of hydrogen-bond acceptors (Lipinski definition) is 5. The lowest BCUT2D eigenvalue weighted by Crippen LogP contribution is -2.15. The minimum Gasteiger partial charge on any atom is -0.325 e. The van der Waals surface area contributed by atoms with E-state index < -0.39 is 0 Å². The van der Waals surface area contributed by atoms with Crippen molar-refractivity contribution in [2.24, 2.45) is 0 Å². The average Bonchev–Trinajstić information content (AvgIpc) is 3.25. The maximum atomic E-state index is 13.2. The molecule has 3 aromatic rings. The van der Waals surface area contributed by atoms with E-state index in [9.17, 15) is 9.18 Å². The number of carbonyl (C=O) groups excluding carboxylic acids is 1. The van der Waals surface area contributed by atoms with Crippen LogP contribution >= 0.6 is 23.1 Å². The van der Waals surface area contributed by atoms with Crippen molar-refractivity contribution in [2.45, 2.75) is 18.1 Å². The Labute approximate surface area is 159 Å². The summed E-state index contributed by atoms with van der Waals surface area (Å²) >= 11 is 2.96. The molecule has 1 amide bonds. The van der Waals surface area contributed by atoms with Crippen molar-refractivity contribution in [1.82, 2.24) is 14.8 Å². The van der Waals surface area contributed by atoms with Crippen LogP contribution in [0.3, 0.4) is 0 Å². The second-order valence-corrected chi connectivity index (χ2v) is 7.38. The molecule has 0 saturated heterocycles. The third kappa shape index (κ3) is 4.80. The highest BCUT2D eigenvalue weighted by Crippen LogP contribution is 2.21. The van der Waals surface area contributed by atoms with E-state index >= 15 is 0 Å². The number of thioether (sulfide) groups is 1. The van der Waals surface area contributed by atoms with Gasteiger partial charge in [-0.25, -0.2) is 4.39 Å². The summed E-state index contributed by atoms with van der Waals surface area (Å²) in [6, 6.07) is 9.86. The van der Waals surface area contributed by atoms with Gasteiger partial charge in [0.15, 0.2) is 5.16 Å². The Bertz CT molecular complexity index is 892. The maximum absolute atomic E-state index is 13.2. The molecule has 1 aromatic carbocycles. The molecule has 1 N–H and O–H groups in total. The van der Waals surface area contributed by atoms with Crippen molar-refractivity contribution < 1.29 is 9.18 Å². The van der Waals surface area contributed by atoms with Crippen LogP contribution in [0.4, 0.5) is 10.1 Å². The van der Waals surface area contributed by atoms with Crippen LogP contribution in [0.15, 0.2) is 59.6 Å². The number of halogens is 1. The molecule has 0 bridgehead atoms. The molecule has 26 heavy (non-hydrogen) atoms. The number of nitrogens with zero attached hydrogens (tertiary/aromatic N) is 3. The number of nitrogens with one attached hydrogen (secondary N) is 1.